The molecule has 1 aromatic carbocycles. The highest BCUT2D eigenvalue weighted by Gasteiger charge is 2.36. The van der Waals surface area contributed by atoms with Crippen molar-refractivity contribution >= 4 is 17.2 Å². The summed E-state index contributed by atoms with van der Waals surface area (Å²) in [5.74, 6) is 2.29. The van der Waals surface area contributed by atoms with E-state index in [2.05, 4.69) is 9.88 Å². The van der Waals surface area contributed by atoms with Gasteiger partial charge in [0.15, 0.2) is 11.5 Å². The number of piperidine rings is 1. The van der Waals surface area contributed by atoms with Gasteiger partial charge in [0.05, 0.1) is 0 Å². The summed E-state index contributed by atoms with van der Waals surface area (Å²) in [7, 11) is 0. The molecule has 3 heterocycles. The van der Waals surface area contributed by atoms with Crippen molar-refractivity contribution in [3.63, 3.8) is 0 Å². The molecule has 0 bridgehead atoms. The molecule has 2 atom stereocenters. The number of hydrogen-bond donors (Lipinski definition) is 0. The number of carbonyl (C=O) groups is 1. The van der Waals surface area contributed by atoms with Crippen LogP contribution in [0.1, 0.15) is 49.0 Å². The van der Waals surface area contributed by atoms with Crippen LogP contribution in [0.2, 0.25) is 0 Å². The minimum absolute atomic E-state index is 0.102. The first-order valence-electron chi connectivity index (χ1n) is 9.46. The molecule has 5 rings (SSSR count). The molecule has 3 aliphatic rings. The molecule has 2 aromatic rings. The number of amides is 1. The zero-order valence-electron chi connectivity index (χ0n) is 14.6. The van der Waals surface area contributed by atoms with Crippen molar-refractivity contribution in [1.29, 1.82) is 0 Å². The molecule has 1 aliphatic carbocycles. The number of fused-ring (bicyclic) bond motifs is 2. The molecule has 2 fully saturated rings. The maximum atomic E-state index is 13.1. The Labute approximate surface area is 156 Å². The number of thiazole rings is 1. The van der Waals surface area contributed by atoms with Gasteiger partial charge in [-0.1, -0.05) is 12.8 Å². The average molecular weight is 370 g/mol. The summed E-state index contributed by atoms with van der Waals surface area (Å²) in [6.07, 6.45) is 7.36. The van der Waals surface area contributed by atoms with E-state index in [4.69, 9.17) is 9.47 Å². The monoisotopic (exact) mass is 370 g/mol. The van der Waals surface area contributed by atoms with E-state index in [0.29, 0.717) is 17.7 Å². The minimum Gasteiger partial charge on any atom is -0.454 e. The van der Waals surface area contributed by atoms with Crippen molar-refractivity contribution in [2.45, 2.75) is 44.6 Å². The molecule has 0 spiro atoms. The maximum Gasteiger partial charge on any atom is 0.273 e. The Morgan fingerprint density at radius 3 is 2.92 bits per heavy atom. The van der Waals surface area contributed by atoms with Gasteiger partial charge in [0.2, 0.25) is 6.79 Å². The topological polar surface area (TPSA) is 51.7 Å². The van der Waals surface area contributed by atoms with Gasteiger partial charge in [0.25, 0.3) is 5.91 Å². The number of carbonyl (C=O) groups excluding carboxylic acids is 1. The van der Waals surface area contributed by atoms with E-state index < -0.39 is 0 Å². The van der Waals surface area contributed by atoms with Crippen molar-refractivity contribution in [3.05, 3.63) is 29.3 Å². The van der Waals surface area contributed by atoms with Crippen LogP contribution in [0, 0.1) is 5.92 Å². The van der Waals surface area contributed by atoms with Gasteiger partial charge in [-0.15, -0.1) is 11.3 Å². The number of hydrogen-bond acceptors (Lipinski definition) is 5. The van der Waals surface area contributed by atoms with Crippen LogP contribution in [-0.4, -0.2) is 35.2 Å². The second kappa shape index (κ2) is 6.58. The quantitative estimate of drug-likeness (QED) is 0.789. The van der Waals surface area contributed by atoms with Gasteiger partial charge >= 0.3 is 0 Å². The number of aromatic nitrogens is 1. The molecule has 136 valence electrons. The molecule has 5 nitrogen and oxygen atoms in total. The average Bonchev–Trinajstić information content (AvgIpc) is 3.35. The van der Waals surface area contributed by atoms with Crippen molar-refractivity contribution in [3.8, 4) is 22.1 Å². The van der Waals surface area contributed by atoms with Crippen LogP contribution in [0.5, 0.6) is 11.5 Å². The molecule has 6 heteroatoms. The third-order valence-corrected chi connectivity index (χ3v) is 6.74. The van der Waals surface area contributed by atoms with Gasteiger partial charge in [-0.3, -0.25) is 4.79 Å². The molecule has 26 heavy (non-hydrogen) atoms. The van der Waals surface area contributed by atoms with Gasteiger partial charge in [0.1, 0.15) is 10.7 Å². The first-order valence-corrected chi connectivity index (χ1v) is 10.3. The van der Waals surface area contributed by atoms with Crippen LogP contribution in [0.15, 0.2) is 23.6 Å². The summed E-state index contributed by atoms with van der Waals surface area (Å²) in [5, 5.41) is 2.75. The molecule has 1 aromatic heterocycles. The zero-order valence-corrected chi connectivity index (χ0v) is 15.5. The summed E-state index contributed by atoms with van der Waals surface area (Å²) >= 11 is 1.51. The molecule has 1 saturated carbocycles. The maximum absolute atomic E-state index is 13.1. The number of rotatable bonds is 2. The number of likely N-dealkylation sites (tertiary alicyclic amines) is 1. The first-order chi connectivity index (χ1) is 12.8. The first kappa shape index (κ1) is 16.1. The molecule has 1 saturated heterocycles. The number of benzene rings is 1. The lowest BCUT2D eigenvalue weighted by Crippen LogP contribution is -2.49. The Hall–Kier alpha value is -2.08. The normalized spacial score (nSPS) is 24.4. The van der Waals surface area contributed by atoms with Crippen LogP contribution in [0.25, 0.3) is 10.6 Å². The summed E-state index contributed by atoms with van der Waals surface area (Å²) in [5.41, 5.74) is 1.54. The lowest BCUT2D eigenvalue weighted by molar-refractivity contribution is 0.0386. The molecular formula is C20H22N2O3S. The summed E-state index contributed by atoms with van der Waals surface area (Å²) in [6.45, 7) is 1.13. The summed E-state index contributed by atoms with van der Waals surface area (Å²) in [4.78, 5) is 19.9. The van der Waals surface area contributed by atoms with E-state index in [9.17, 15) is 4.79 Å². The molecular weight excluding hydrogens is 348 g/mol. The van der Waals surface area contributed by atoms with E-state index in [0.717, 1.165) is 41.5 Å². The number of nitrogens with zero attached hydrogens (tertiary/aromatic N) is 2. The minimum atomic E-state index is 0.102. The highest BCUT2D eigenvalue weighted by molar-refractivity contribution is 7.13. The van der Waals surface area contributed by atoms with E-state index in [1.807, 2.05) is 23.6 Å². The van der Waals surface area contributed by atoms with E-state index in [1.165, 1.54) is 37.0 Å². The third-order valence-electron chi connectivity index (χ3n) is 5.85. The largest absolute Gasteiger partial charge is 0.454 e. The number of ether oxygens (including phenoxy) is 2. The standard InChI is InChI=1S/C20H22N2O3S/c23-20(22-9-3-5-13-4-1-2-6-16(13)22)15-11-26-19(21-15)14-7-8-17-18(10-14)25-12-24-17/h7-8,10-11,13,16H,1-6,9,12H2. The zero-order chi connectivity index (χ0) is 17.5. The fourth-order valence-electron chi connectivity index (χ4n) is 4.56. The Balaban J connectivity index is 1.38. The predicted molar refractivity (Wildman–Crippen MR) is 99.7 cm³/mol. The van der Waals surface area contributed by atoms with Crippen molar-refractivity contribution < 1.29 is 14.3 Å². The van der Waals surface area contributed by atoms with E-state index >= 15 is 0 Å². The Kier molecular flexibility index (Phi) is 4.08. The third kappa shape index (κ3) is 2.76. The fourth-order valence-corrected chi connectivity index (χ4v) is 5.35. The second-order valence-corrected chi connectivity index (χ2v) is 8.22. The highest BCUT2D eigenvalue weighted by Crippen LogP contribution is 2.38. The lowest BCUT2D eigenvalue weighted by atomic mass is 9.78. The van der Waals surface area contributed by atoms with Gasteiger partial charge in [-0.05, 0) is 49.8 Å². The SMILES string of the molecule is O=C(c1csc(-c2ccc3c(c2)OCO3)n1)N1CCCC2CCCCC21. The Bertz CT molecular complexity index is 832. The van der Waals surface area contributed by atoms with Crippen LogP contribution in [-0.2, 0) is 0 Å². The summed E-state index contributed by atoms with van der Waals surface area (Å²) in [6, 6.07) is 6.23. The molecule has 0 N–H and O–H groups in total. The fraction of sp³-hybridized carbons (Fsp3) is 0.500. The van der Waals surface area contributed by atoms with Gasteiger partial charge in [-0.25, -0.2) is 4.98 Å². The lowest BCUT2D eigenvalue weighted by Gasteiger charge is -2.43. The van der Waals surface area contributed by atoms with Gasteiger partial charge < -0.3 is 14.4 Å². The second-order valence-electron chi connectivity index (χ2n) is 7.36. The molecule has 0 radical (unpaired) electrons. The van der Waals surface area contributed by atoms with Crippen LogP contribution in [0.4, 0.5) is 0 Å². The summed E-state index contributed by atoms with van der Waals surface area (Å²) < 4.78 is 10.8. The van der Waals surface area contributed by atoms with Crippen molar-refractivity contribution in [2.75, 3.05) is 13.3 Å². The Morgan fingerprint density at radius 2 is 1.96 bits per heavy atom. The van der Waals surface area contributed by atoms with Crippen LogP contribution < -0.4 is 9.47 Å². The highest BCUT2D eigenvalue weighted by atomic mass is 32.1. The molecule has 1 amide bonds. The Morgan fingerprint density at radius 1 is 1.12 bits per heavy atom. The van der Waals surface area contributed by atoms with Crippen molar-refractivity contribution in [2.24, 2.45) is 5.92 Å². The van der Waals surface area contributed by atoms with Gasteiger partial charge in [-0.2, -0.15) is 0 Å². The van der Waals surface area contributed by atoms with Gasteiger partial charge in [0, 0.05) is 23.5 Å². The smallest absolute Gasteiger partial charge is 0.273 e. The van der Waals surface area contributed by atoms with E-state index in [1.54, 1.807) is 0 Å². The van der Waals surface area contributed by atoms with Crippen LogP contribution in [0.3, 0.4) is 0 Å². The molecule has 2 aliphatic heterocycles. The van der Waals surface area contributed by atoms with Crippen LogP contribution >= 0.6 is 11.3 Å². The van der Waals surface area contributed by atoms with Crippen molar-refractivity contribution in [1.82, 2.24) is 9.88 Å². The predicted octanol–water partition coefficient (Wildman–Crippen LogP) is 4.33. The van der Waals surface area contributed by atoms with E-state index in [-0.39, 0.29) is 12.7 Å². The molecule has 2 unspecified atom stereocenters.